The number of aryl methyl sites for hydroxylation is 1. The van der Waals surface area contributed by atoms with E-state index in [0.717, 1.165) is 24.3 Å². The highest BCUT2D eigenvalue weighted by atomic mass is 14.9. The molecule has 0 aliphatic heterocycles. The van der Waals surface area contributed by atoms with Gasteiger partial charge in [-0.1, -0.05) is 0 Å². The lowest BCUT2D eigenvalue weighted by atomic mass is 9.98. The summed E-state index contributed by atoms with van der Waals surface area (Å²) < 4.78 is 0. The van der Waals surface area contributed by atoms with Gasteiger partial charge in [0.15, 0.2) is 0 Å². The Bertz CT molecular complexity index is 368. The SMILES string of the molecule is Cc1ccncc1CNCC(C1CC1)C1CC1. The molecule has 0 radical (unpaired) electrons. The van der Waals surface area contributed by atoms with Crippen molar-refractivity contribution in [1.82, 2.24) is 10.3 Å². The maximum Gasteiger partial charge on any atom is 0.0315 e. The molecule has 2 saturated carbocycles. The van der Waals surface area contributed by atoms with Gasteiger partial charge in [0.05, 0.1) is 0 Å². The molecule has 0 aromatic carbocycles. The Balaban J connectivity index is 1.49. The van der Waals surface area contributed by atoms with Gasteiger partial charge in [0.2, 0.25) is 0 Å². The van der Waals surface area contributed by atoms with E-state index >= 15 is 0 Å². The zero-order valence-corrected chi connectivity index (χ0v) is 10.7. The second-order valence-electron chi connectivity index (χ2n) is 5.77. The van der Waals surface area contributed by atoms with E-state index in [2.05, 4.69) is 23.3 Å². The number of rotatable bonds is 6. The Hall–Kier alpha value is -0.890. The molecule has 3 rings (SSSR count). The Kier molecular flexibility index (Phi) is 3.15. The van der Waals surface area contributed by atoms with E-state index < -0.39 is 0 Å². The van der Waals surface area contributed by atoms with Crippen molar-refractivity contribution in [1.29, 1.82) is 0 Å². The molecule has 0 amide bonds. The van der Waals surface area contributed by atoms with Crippen molar-refractivity contribution in [2.24, 2.45) is 17.8 Å². The summed E-state index contributed by atoms with van der Waals surface area (Å²) in [6, 6.07) is 2.09. The Morgan fingerprint density at radius 3 is 2.59 bits per heavy atom. The van der Waals surface area contributed by atoms with E-state index in [9.17, 15) is 0 Å². The smallest absolute Gasteiger partial charge is 0.0315 e. The Morgan fingerprint density at radius 2 is 2.00 bits per heavy atom. The standard InChI is InChI=1S/C15H22N2/c1-11-6-7-16-8-14(11)9-17-10-15(12-2-3-12)13-4-5-13/h6-8,12-13,15,17H,2-5,9-10H2,1H3. The van der Waals surface area contributed by atoms with E-state index in [1.165, 1.54) is 43.4 Å². The number of pyridine rings is 1. The van der Waals surface area contributed by atoms with Gasteiger partial charge in [-0.15, -0.1) is 0 Å². The van der Waals surface area contributed by atoms with Crippen LogP contribution in [0.5, 0.6) is 0 Å². The van der Waals surface area contributed by atoms with Crippen LogP contribution in [0.3, 0.4) is 0 Å². The zero-order valence-electron chi connectivity index (χ0n) is 10.7. The van der Waals surface area contributed by atoms with Crippen molar-refractivity contribution < 1.29 is 0 Å². The zero-order chi connectivity index (χ0) is 11.7. The van der Waals surface area contributed by atoms with Gasteiger partial charge in [0.25, 0.3) is 0 Å². The predicted octanol–water partition coefficient (Wildman–Crippen LogP) is 2.92. The molecule has 0 spiro atoms. The quantitative estimate of drug-likeness (QED) is 0.812. The largest absolute Gasteiger partial charge is 0.312 e. The molecule has 1 heterocycles. The van der Waals surface area contributed by atoms with E-state index in [1.807, 2.05) is 12.4 Å². The van der Waals surface area contributed by atoms with Gasteiger partial charge in [-0.3, -0.25) is 4.98 Å². The topological polar surface area (TPSA) is 24.9 Å². The minimum Gasteiger partial charge on any atom is -0.312 e. The molecule has 0 saturated heterocycles. The van der Waals surface area contributed by atoms with Gasteiger partial charge in [0, 0.05) is 18.9 Å². The summed E-state index contributed by atoms with van der Waals surface area (Å²) in [4.78, 5) is 4.20. The molecule has 2 fully saturated rings. The summed E-state index contributed by atoms with van der Waals surface area (Å²) in [5.74, 6) is 3.06. The molecule has 1 aromatic rings. The van der Waals surface area contributed by atoms with Crippen molar-refractivity contribution in [3.8, 4) is 0 Å². The van der Waals surface area contributed by atoms with Crippen molar-refractivity contribution in [2.45, 2.75) is 39.2 Å². The third kappa shape index (κ3) is 2.86. The lowest BCUT2D eigenvalue weighted by Gasteiger charge is -2.16. The summed E-state index contributed by atoms with van der Waals surface area (Å²) in [7, 11) is 0. The molecule has 2 aliphatic carbocycles. The fourth-order valence-corrected chi connectivity index (χ4v) is 2.82. The predicted molar refractivity (Wildman–Crippen MR) is 69.6 cm³/mol. The van der Waals surface area contributed by atoms with E-state index in [-0.39, 0.29) is 0 Å². The third-order valence-corrected chi connectivity index (χ3v) is 4.30. The fourth-order valence-electron chi connectivity index (χ4n) is 2.82. The number of hydrogen-bond donors (Lipinski definition) is 1. The lowest BCUT2D eigenvalue weighted by Crippen LogP contribution is -2.25. The van der Waals surface area contributed by atoms with Crippen LogP contribution in [-0.4, -0.2) is 11.5 Å². The van der Waals surface area contributed by atoms with Gasteiger partial charge in [-0.25, -0.2) is 0 Å². The minimum atomic E-state index is 0.965. The maximum absolute atomic E-state index is 4.20. The first kappa shape index (κ1) is 11.2. The van der Waals surface area contributed by atoms with Crippen LogP contribution in [-0.2, 0) is 6.54 Å². The first-order valence-corrected chi connectivity index (χ1v) is 6.95. The molecule has 0 atom stereocenters. The summed E-state index contributed by atoms with van der Waals surface area (Å²) >= 11 is 0. The Morgan fingerprint density at radius 1 is 1.29 bits per heavy atom. The van der Waals surface area contributed by atoms with Gasteiger partial charge >= 0.3 is 0 Å². The van der Waals surface area contributed by atoms with Crippen molar-refractivity contribution in [3.63, 3.8) is 0 Å². The van der Waals surface area contributed by atoms with Crippen LogP contribution in [0.25, 0.3) is 0 Å². The highest BCUT2D eigenvalue weighted by molar-refractivity contribution is 5.21. The average molecular weight is 230 g/mol. The van der Waals surface area contributed by atoms with E-state index in [4.69, 9.17) is 0 Å². The van der Waals surface area contributed by atoms with Crippen molar-refractivity contribution in [3.05, 3.63) is 29.6 Å². The molecule has 0 bridgehead atoms. The number of hydrogen-bond acceptors (Lipinski definition) is 2. The van der Waals surface area contributed by atoms with E-state index in [0.29, 0.717) is 0 Å². The Labute approximate surface area is 104 Å². The normalized spacial score (nSPS) is 19.9. The monoisotopic (exact) mass is 230 g/mol. The average Bonchev–Trinajstić information content (AvgIpc) is 3.18. The van der Waals surface area contributed by atoms with Crippen molar-refractivity contribution in [2.75, 3.05) is 6.54 Å². The molecule has 2 heteroatoms. The molecule has 0 unspecified atom stereocenters. The van der Waals surface area contributed by atoms with Crippen LogP contribution in [0.4, 0.5) is 0 Å². The van der Waals surface area contributed by atoms with E-state index in [1.54, 1.807) is 0 Å². The molecule has 17 heavy (non-hydrogen) atoms. The molecule has 1 aromatic heterocycles. The third-order valence-electron chi connectivity index (χ3n) is 4.30. The van der Waals surface area contributed by atoms with Crippen LogP contribution in [0, 0.1) is 24.7 Å². The molecular formula is C15H22N2. The van der Waals surface area contributed by atoms with Crippen LogP contribution >= 0.6 is 0 Å². The summed E-state index contributed by atoms with van der Waals surface area (Å²) in [6.45, 7) is 4.36. The molecule has 2 aliphatic rings. The second-order valence-corrected chi connectivity index (χ2v) is 5.77. The van der Waals surface area contributed by atoms with Crippen LogP contribution in [0.15, 0.2) is 18.5 Å². The first-order valence-electron chi connectivity index (χ1n) is 6.95. The summed E-state index contributed by atoms with van der Waals surface area (Å²) in [5, 5.41) is 3.65. The van der Waals surface area contributed by atoms with Gasteiger partial charge in [0.1, 0.15) is 0 Å². The number of nitrogens with zero attached hydrogens (tertiary/aromatic N) is 1. The van der Waals surface area contributed by atoms with Gasteiger partial charge < -0.3 is 5.32 Å². The molecule has 2 nitrogen and oxygen atoms in total. The highest BCUT2D eigenvalue weighted by Crippen LogP contribution is 2.48. The molecule has 1 N–H and O–H groups in total. The molecular weight excluding hydrogens is 208 g/mol. The number of aromatic nitrogens is 1. The first-order chi connectivity index (χ1) is 8.34. The number of nitrogens with one attached hydrogen (secondary N) is 1. The van der Waals surface area contributed by atoms with Gasteiger partial charge in [-0.05, 0) is 74.1 Å². The lowest BCUT2D eigenvalue weighted by molar-refractivity contribution is 0.378. The second kappa shape index (κ2) is 4.77. The molecule has 92 valence electrons. The fraction of sp³-hybridized carbons (Fsp3) is 0.667. The van der Waals surface area contributed by atoms with Gasteiger partial charge in [-0.2, -0.15) is 0 Å². The summed E-state index contributed by atoms with van der Waals surface area (Å²) in [6.07, 6.45) is 9.79. The minimum absolute atomic E-state index is 0.965. The summed E-state index contributed by atoms with van der Waals surface area (Å²) in [5.41, 5.74) is 2.69. The highest BCUT2D eigenvalue weighted by Gasteiger charge is 2.40. The van der Waals surface area contributed by atoms with Crippen LogP contribution in [0.1, 0.15) is 36.8 Å². The maximum atomic E-state index is 4.20. The van der Waals surface area contributed by atoms with Crippen molar-refractivity contribution >= 4 is 0 Å². The van der Waals surface area contributed by atoms with Crippen LogP contribution in [0.2, 0.25) is 0 Å². The van der Waals surface area contributed by atoms with Crippen LogP contribution < -0.4 is 5.32 Å².